The molecule has 2 saturated heterocycles. The van der Waals surface area contributed by atoms with Crippen molar-refractivity contribution in [1.82, 2.24) is 24.5 Å². The molecule has 0 radical (unpaired) electrons. The molecule has 2 aromatic rings. The van der Waals surface area contributed by atoms with Gasteiger partial charge in [0.1, 0.15) is 6.54 Å². The number of fused-ring (bicyclic) bond motifs is 1. The molecule has 0 spiro atoms. The molecule has 0 bridgehead atoms. The quantitative estimate of drug-likeness (QED) is 0.751. The Labute approximate surface area is 174 Å². The number of aromatic nitrogens is 2. The van der Waals surface area contributed by atoms with E-state index >= 15 is 0 Å². The van der Waals surface area contributed by atoms with E-state index in [4.69, 9.17) is 0 Å². The summed E-state index contributed by atoms with van der Waals surface area (Å²) in [7, 11) is 4.29. The van der Waals surface area contributed by atoms with Gasteiger partial charge in [-0.1, -0.05) is 30.3 Å². The fourth-order valence-corrected chi connectivity index (χ4v) is 5.36. The number of aryl methyl sites for hydroxylation is 2. The van der Waals surface area contributed by atoms with E-state index in [0.717, 1.165) is 50.7 Å². The average molecular weight is 396 g/mol. The molecule has 1 aromatic heterocycles. The van der Waals surface area contributed by atoms with Gasteiger partial charge in [-0.15, -0.1) is 0 Å². The molecule has 3 heterocycles. The molecule has 0 saturated carbocycles. The van der Waals surface area contributed by atoms with Crippen molar-refractivity contribution < 1.29 is 4.79 Å². The van der Waals surface area contributed by atoms with Crippen LogP contribution in [0.4, 0.5) is 0 Å². The lowest BCUT2D eigenvalue weighted by atomic mass is 9.80. The third-order valence-electron chi connectivity index (χ3n) is 6.45. The summed E-state index contributed by atoms with van der Waals surface area (Å²) in [6, 6.07) is 12.7. The van der Waals surface area contributed by atoms with Crippen LogP contribution in [0.25, 0.3) is 0 Å². The fraction of sp³-hybridized carbons (Fsp3) is 0.565. The Kier molecular flexibility index (Phi) is 5.49. The Balaban J connectivity index is 1.45. The Bertz CT molecular complexity index is 861. The van der Waals surface area contributed by atoms with Crippen LogP contribution in [-0.4, -0.2) is 77.2 Å². The second-order valence-corrected chi connectivity index (χ2v) is 9.31. The van der Waals surface area contributed by atoms with Crippen molar-refractivity contribution in [2.45, 2.75) is 26.9 Å². The minimum absolute atomic E-state index is 0.156. The molecule has 6 heteroatoms. The van der Waals surface area contributed by atoms with Crippen LogP contribution in [0.3, 0.4) is 0 Å². The number of rotatable bonds is 6. The SMILES string of the molecule is Cc1cc(C)n(CC(=O)N2C[C@H]3CN(Cc4ccccc4)C[C@@]3(CN(C)C)C2)n1. The number of benzene rings is 1. The number of hydrogen-bond donors (Lipinski definition) is 0. The Morgan fingerprint density at radius 1 is 1.17 bits per heavy atom. The second kappa shape index (κ2) is 7.92. The van der Waals surface area contributed by atoms with E-state index in [9.17, 15) is 4.79 Å². The first-order chi connectivity index (χ1) is 13.8. The van der Waals surface area contributed by atoms with Gasteiger partial charge < -0.3 is 9.80 Å². The highest BCUT2D eigenvalue weighted by molar-refractivity contribution is 5.76. The predicted octanol–water partition coefficient (Wildman–Crippen LogP) is 2.02. The lowest BCUT2D eigenvalue weighted by Gasteiger charge is -2.32. The standard InChI is InChI=1S/C23H33N5O/c1-18-10-19(2)28(24-18)14-22(29)27-13-21-12-26(11-20-8-6-5-7-9-20)16-23(21,17-27)15-25(3)4/h5-10,21H,11-17H2,1-4H3/t21-,23+/m1/s1. The lowest BCUT2D eigenvalue weighted by Crippen LogP contribution is -2.43. The summed E-state index contributed by atoms with van der Waals surface area (Å²) in [6.45, 7) is 10.2. The van der Waals surface area contributed by atoms with Gasteiger partial charge in [0.05, 0.1) is 5.69 Å². The van der Waals surface area contributed by atoms with Crippen molar-refractivity contribution in [3.05, 3.63) is 53.3 Å². The first-order valence-corrected chi connectivity index (χ1v) is 10.5. The van der Waals surface area contributed by atoms with Crippen molar-refractivity contribution in [3.8, 4) is 0 Å². The van der Waals surface area contributed by atoms with Crippen molar-refractivity contribution in [2.75, 3.05) is 46.8 Å². The normalized spacial score (nSPS) is 24.4. The van der Waals surface area contributed by atoms with Gasteiger partial charge in [-0.3, -0.25) is 14.4 Å². The van der Waals surface area contributed by atoms with E-state index in [1.807, 2.05) is 24.6 Å². The van der Waals surface area contributed by atoms with Crippen LogP contribution in [0.2, 0.25) is 0 Å². The lowest BCUT2D eigenvalue weighted by molar-refractivity contribution is -0.131. The Hall–Kier alpha value is -2.18. The summed E-state index contributed by atoms with van der Waals surface area (Å²) in [5.74, 6) is 0.719. The molecule has 0 aliphatic carbocycles. The predicted molar refractivity (Wildman–Crippen MR) is 114 cm³/mol. The van der Waals surface area contributed by atoms with Gasteiger partial charge in [-0.25, -0.2) is 0 Å². The number of likely N-dealkylation sites (tertiary alicyclic amines) is 2. The molecule has 6 nitrogen and oxygen atoms in total. The zero-order chi connectivity index (χ0) is 20.6. The molecule has 1 amide bonds. The summed E-state index contributed by atoms with van der Waals surface area (Å²) in [5.41, 5.74) is 3.54. The molecule has 2 aliphatic rings. The average Bonchev–Trinajstić information content (AvgIpc) is 3.24. The number of carbonyl (C=O) groups is 1. The van der Waals surface area contributed by atoms with Gasteiger partial charge >= 0.3 is 0 Å². The van der Waals surface area contributed by atoms with E-state index in [1.54, 1.807) is 0 Å². The van der Waals surface area contributed by atoms with Gasteiger partial charge in [0.15, 0.2) is 0 Å². The monoisotopic (exact) mass is 395 g/mol. The van der Waals surface area contributed by atoms with Crippen LogP contribution in [-0.2, 0) is 17.9 Å². The zero-order valence-electron chi connectivity index (χ0n) is 18.1. The maximum Gasteiger partial charge on any atom is 0.244 e. The molecule has 156 valence electrons. The summed E-state index contributed by atoms with van der Waals surface area (Å²) >= 11 is 0. The summed E-state index contributed by atoms with van der Waals surface area (Å²) in [6.07, 6.45) is 0. The van der Waals surface area contributed by atoms with Crippen molar-refractivity contribution >= 4 is 5.91 Å². The summed E-state index contributed by atoms with van der Waals surface area (Å²) < 4.78 is 1.84. The van der Waals surface area contributed by atoms with Gasteiger partial charge in [0, 0.05) is 50.4 Å². The largest absolute Gasteiger partial charge is 0.340 e. The minimum Gasteiger partial charge on any atom is -0.340 e. The highest BCUT2D eigenvalue weighted by Crippen LogP contribution is 2.43. The van der Waals surface area contributed by atoms with Crippen LogP contribution in [0.5, 0.6) is 0 Å². The Morgan fingerprint density at radius 3 is 2.59 bits per heavy atom. The maximum absolute atomic E-state index is 13.0. The minimum atomic E-state index is 0.156. The number of hydrogen-bond acceptors (Lipinski definition) is 4. The molecule has 4 rings (SSSR count). The van der Waals surface area contributed by atoms with Gasteiger partial charge in [0.25, 0.3) is 0 Å². The van der Waals surface area contributed by atoms with E-state index in [0.29, 0.717) is 12.5 Å². The van der Waals surface area contributed by atoms with Crippen molar-refractivity contribution in [1.29, 1.82) is 0 Å². The molecular weight excluding hydrogens is 362 g/mol. The van der Waals surface area contributed by atoms with E-state index < -0.39 is 0 Å². The van der Waals surface area contributed by atoms with Crippen molar-refractivity contribution in [3.63, 3.8) is 0 Å². The molecule has 2 atom stereocenters. The molecule has 29 heavy (non-hydrogen) atoms. The molecule has 1 aromatic carbocycles. The molecular formula is C23H33N5O. The Morgan fingerprint density at radius 2 is 1.93 bits per heavy atom. The van der Waals surface area contributed by atoms with Crippen LogP contribution in [0.1, 0.15) is 17.0 Å². The van der Waals surface area contributed by atoms with Gasteiger partial charge in [-0.05, 0) is 45.5 Å². The third kappa shape index (κ3) is 4.23. The van der Waals surface area contributed by atoms with E-state index in [-0.39, 0.29) is 11.3 Å². The number of nitrogens with zero attached hydrogens (tertiary/aromatic N) is 5. The number of carbonyl (C=O) groups excluding carboxylic acids is 1. The topological polar surface area (TPSA) is 44.6 Å². The maximum atomic E-state index is 13.0. The first kappa shape index (κ1) is 20.1. The first-order valence-electron chi connectivity index (χ1n) is 10.5. The summed E-state index contributed by atoms with van der Waals surface area (Å²) in [5, 5.41) is 4.47. The number of amides is 1. The van der Waals surface area contributed by atoms with E-state index in [2.05, 4.69) is 64.2 Å². The highest BCUT2D eigenvalue weighted by Gasteiger charge is 2.53. The van der Waals surface area contributed by atoms with Crippen LogP contribution in [0, 0.1) is 25.2 Å². The van der Waals surface area contributed by atoms with Crippen molar-refractivity contribution in [2.24, 2.45) is 11.3 Å². The summed E-state index contributed by atoms with van der Waals surface area (Å²) in [4.78, 5) is 20.0. The molecule has 0 N–H and O–H groups in total. The van der Waals surface area contributed by atoms with E-state index in [1.165, 1.54) is 5.56 Å². The highest BCUT2D eigenvalue weighted by atomic mass is 16.2. The third-order valence-corrected chi connectivity index (χ3v) is 6.45. The fourth-order valence-electron chi connectivity index (χ4n) is 5.36. The van der Waals surface area contributed by atoms with Crippen LogP contribution >= 0.6 is 0 Å². The molecule has 0 unspecified atom stereocenters. The zero-order valence-corrected chi connectivity index (χ0v) is 18.1. The molecule has 2 fully saturated rings. The smallest absolute Gasteiger partial charge is 0.244 e. The molecule has 2 aliphatic heterocycles. The van der Waals surface area contributed by atoms with Crippen LogP contribution in [0.15, 0.2) is 36.4 Å². The van der Waals surface area contributed by atoms with Crippen LogP contribution < -0.4 is 0 Å². The second-order valence-electron chi connectivity index (χ2n) is 9.31. The van der Waals surface area contributed by atoms with Gasteiger partial charge in [0.2, 0.25) is 5.91 Å². The van der Waals surface area contributed by atoms with Gasteiger partial charge in [-0.2, -0.15) is 5.10 Å².